The fourth-order valence-corrected chi connectivity index (χ4v) is 1.82. The lowest BCUT2D eigenvalue weighted by molar-refractivity contribution is 0.300. The molecule has 0 fully saturated rings. The van der Waals surface area contributed by atoms with Crippen LogP contribution in [0.1, 0.15) is 6.42 Å². The maximum Gasteiger partial charge on any atom is 0.144 e. The van der Waals surface area contributed by atoms with Gasteiger partial charge in [0.25, 0.3) is 0 Å². The highest BCUT2D eigenvalue weighted by Gasteiger charge is 2.15. The number of fused-ring (bicyclic) bond motifs is 1. The Morgan fingerprint density at radius 1 is 1.47 bits per heavy atom. The molecule has 0 unspecified atom stereocenters. The van der Waals surface area contributed by atoms with Crippen LogP contribution in [0.3, 0.4) is 0 Å². The number of nitrogens with two attached hydrogens (primary N) is 1. The first-order valence-electron chi connectivity index (χ1n) is 5.19. The number of nitrogens with zero attached hydrogens (tertiary/aromatic N) is 1. The Hall–Kier alpha value is -1.42. The molecule has 1 heterocycles. The molecule has 1 aliphatic rings. The molecule has 4 nitrogen and oxygen atoms in total. The molecule has 1 aromatic carbocycles. The Kier molecular flexibility index (Phi) is 2.97. The summed E-state index contributed by atoms with van der Waals surface area (Å²) in [4.78, 5) is 2.13. The van der Waals surface area contributed by atoms with E-state index in [-0.39, 0.29) is 6.61 Å². The van der Waals surface area contributed by atoms with Crippen LogP contribution in [0.2, 0.25) is 0 Å². The molecule has 0 saturated heterocycles. The van der Waals surface area contributed by atoms with Crippen LogP contribution < -0.4 is 15.4 Å². The number of anilines is 2. The van der Waals surface area contributed by atoms with Crippen molar-refractivity contribution >= 4 is 11.4 Å². The zero-order valence-electron chi connectivity index (χ0n) is 8.65. The third kappa shape index (κ3) is 2.15. The van der Waals surface area contributed by atoms with Crippen LogP contribution in [0.25, 0.3) is 0 Å². The maximum atomic E-state index is 8.98. The normalized spacial score (nSPS) is 15.4. The number of hydrogen-bond acceptors (Lipinski definition) is 4. The quantitative estimate of drug-likeness (QED) is 0.707. The standard InChI is InChI=1S/C11H16N2O2/c12-9-2-3-10-11(8-9)15-7-1-4-13(10)5-6-14/h2-3,8,14H,1,4-7,12H2. The summed E-state index contributed by atoms with van der Waals surface area (Å²) in [6.45, 7) is 2.42. The SMILES string of the molecule is Nc1ccc2c(c1)OCCCN2CCO. The molecule has 15 heavy (non-hydrogen) atoms. The van der Waals surface area contributed by atoms with Gasteiger partial charge in [-0.15, -0.1) is 0 Å². The number of aliphatic hydroxyl groups excluding tert-OH is 1. The van der Waals surface area contributed by atoms with Gasteiger partial charge in [-0.1, -0.05) is 0 Å². The monoisotopic (exact) mass is 208 g/mol. The summed E-state index contributed by atoms with van der Waals surface area (Å²) in [6.07, 6.45) is 0.967. The average molecular weight is 208 g/mol. The van der Waals surface area contributed by atoms with E-state index in [0.29, 0.717) is 18.8 Å². The topological polar surface area (TPSA) is 58.7 Å². The summed E-state index contributed by atoms with van der Waals surface area (Å²) in [5, 5.41) is 8.98. The smallest absolute Gasteiger partial charge is 0.144 e. The number of rotatable bonds is 2. The molecule has 2 rings (SSSR count). The minimum absolute atomic E-state index is 0.157. The van der Waals surface area contributed by atoms with Crippen LogP contribution in [0.15, 0.2) is 18.2 Å². The second-order valence-electron chi connectivity index (χ2n) is 3.64. The van der Waals surface area contributed by atoms with E-state index in [2.05, 4.69) is 4.90 Å². The van der Waals surface area contributed by atoms with E-state index in [1.165, 1.54) is 0 Å². The molecule has 82 valence electrons. The highest BCUT2D eigenvalue weighted by atomic mass is 16.5. The molecule has 1 aliphatic heterocycles. The zero-order chi connectivity index (χ0) is 10.7. The Labute approximate surface area is 89.3 Å². The van der Waals surface area contributed by atoms with Gasteiger partial charge >= 0.3 is 0 Å². The van der Waals surface area contributed by atoms with E-state index in [1.807, 2.05) is 18.2 Å². The summed E-state index contributed by atoms with van der Waals surface area (Å²) in [5.41, 5.74) is 7.44. The third-order valence-corrected chi connectivity index (χ3v) is 2.52. The second kappa shape index (κ2) is 4.40. The molecule has 0 atom stereocenters. The predicted molar refractivity (Wildman–Crippen MR) is 60.3 cm³/mol. The maximum absolute atomic E-state index is 8.98. The van der Waals surface area contributed by atoms with Gasteiger partial charge in [0.2, 0.25) is 0 Å². The lowest BCUT2D eigenvalue weighted by Gasteiger charge is -2.22. The lowest BCUT2D eigenvalue weighted by Crippen LogP contribution is -2.27. The molecule has 3 N–H and O–H groups in total. The first-order chi connectivity index (χ1) is 7.31. The van der Waals surface area contributed by atoms with Crippen molar-refractivity contribution in [2.75, 3.05) is 36.9 Å². The molecular formula is C11H16N2O2. The van der Waals surface area contributed by atoms with Crippen LogP contribution in [-0.2, 0) is 0 Å². The van der Waals surface area contributed by atoms with Crippen LogP contribution in [-0.4, -0.2) is 31.4 Å². The van der Waals surface area contributed by atoms with Crippen LogP contribution in [0.4, 0.5) is 11.4 Å². The number of β-amino-alcohol motifs (C(OH)–C–C–N with tert-alkyl or cyclic N) is 1. The Bertz CT molecular complexity index is 341. The number of aliphatic hydroxyl groups is 1. The van der Waals surface area contributed by atoms with E-state index in [0.717, 1.165) is 24.4 Å². The first kappa shape index (κ1) is 10.1. The van der Waals surface area contributed by atoms with E-state index >= 15 is 0 Å². The molecule has 4 heteroatoms. The van der Waals surface area contributed by atoms with Crippen molar-refractivity contribution in [3.05, 3.63) is 18.2 Å². The minimum atomic E-state index is 0.157. The van der Waals surface area contributed by atoms with Gasteiger partial charge in [-0.3, -0.25) is 0 Å². The minimum Gasteiger partial charge on any atom is -0.491 e. The van der Waals surface area contributed by atoms with E-state index in [9.17, 15) is 0 Å². The van der Waals surface area contributed by atoms with Gasteiger partial charge in [0.1, 0.15) is 5.75 Å². The molecule has 1 aromatic rings. The van der Waals surface area contributed by atoms with Gasteiger partial charge < -0.3 is 20.5 Å². The highest BCUT2D eigenvalue weighted by molar-refractivity contribution is 5.64. The molecule has 0 radical (unpaired) electrons. The summed E-state index contributed by atoms with van der Waals surface area (Å²) < 4.78 is 5.60. The van der Waals surface area contributed by atoms with Crippen molar-refractivity contribution < 1.29 is 9.84 Å². The van der Waals surface area contributed by atoms with Crippen molar-refractivity contribution in [2.24, 2.45) is 0 Å². The largest absolute Gasteiger partial charge is 0.491 e. The molecular weight excluding hydrogens is 192 g/mol. The van der Waals surface area contributed by atoms with Crippen molar-refractivity contribution in [3.8, 4) is 5.75 Å². The number of nitrogen functional groups attached to an aromatic ring is 1. The van der Waals surface area contributed by atoms with Gasteiger partial charge in [0.05, 0.1) is 18.9 Å². The summed E-state index contributed by atoms with van der Waals surface area (Å²) in [6, 6.07) is 5.65. The molecule has 0 amide bonds. The Morgan fingerprint density at radius 3 is 3.13 bits per heavy atom. The second-order valence-corrected chi connectivity index (χ2v) is 3.64. The van der Waals surface area contributed by atoms with Crippen LogP contribution >= 0.6 is 0 Å². The average Bonchev–Trinajstić information content (AvgIpc) is 2.41. The first-order valence-corrected chi connectivity index (χ1v) is 5.19. The Balaban J connectivity index is 2.32. The van der Waals surface area contributed by atoms with Gasteiger partial charge in [-0.25, -0.2) is 0 Å². The van der Waals surface area contributed by atoms with Gasteiger partial charge in [-0.05, 0) is 18.6 Å². The lowest BCUT2D eigenvalue weighted by atomic mass is 10.2. The predicted octanol–water partition coefficient (Wildman–Crippen LogP) is 0.850. The van der Waals surface area contributed by atoms with Crippen molar-refractivity contribution in [1.82, 2.24) is 0 Å². The van der Waals surface area contributed by atoms with Crippen LogP contribution in [0, 0.1) is 0 Å². The van der Waals surface area contributed by atoms with Crippen molar-refractivity contribution in [1.29, 1.82) is 0 Å². The van der Waals surface area contributed by atoms with Gasteiger partial charge in [-0.2, -0.15) is 0 Å². The van der Waals surface area contributed by atoms with E-state index in [4.69, 9.17) is 15.6 Å². The number of hydrogen-bond donors (Lipinski definition) is 2. The molecule has 0 aromatic heterocycles. The molecule has 0 spiro atoms. The molecule has 0 bridgehead atoms. The van der Waals surface area contributed by atoms with Crippen molar-refractivity contribution in [2.45, 2.75) is 6.42 Å². The van der Waals surface area contributed by atoms with Gasteiger partial charge in [0.15, 0.2) is 0 Å². The van der Waals surface area contributed by atoms with Crippen LogP contribution in [0.5, 0.6) is 5.75 Å². The Morgan fingerprint density at radius 2 is 2.33 bits per heavy atom. The fourth-order valence-electron chi connectivity index (χ4n) is 1.82. The summed E-state index contributed by atoms with van der Waals surface area (Å²) in [7, 11) is 0. The number of benzene rings is 1. The highest BCUT2D eigenvalue weighted by Crippen LogP contribution is 2.32. The van der Waals surface area contributed by atoms with Crippen molar-refractivity contribution in [3.63, 3.8) is 0 Å². The molecule has 0 saturated carbocycles. The third-order valence-electron chi connectivity index (χ3n) is 2.52. The summed E-state index contributed by atoms with van der Waals surface area (Å²) in [5.74, 6) is 0.820. The molecule has 0 aliphatic carbocycles. The van der Waals surface area contributed by atoms with E-state index < -0.39 is 0 Å². The fraction of sp³-hybridized carbons (Fsp3) is 0.455. The van der Waals surface area contributed by atoms with E-state index in [1.54, 1.807) is 0 Å². The van der Waals surface area contributed by atoms with Gasteiger partial charge in [0, 0.05) is 24.8 Å². The summed E-state index contributed by atoms with van der Waals surface area (Å²) >= 11 is 0. The number of ether oxygens (including phenoxy) is 1. The zero-order valence-corrected chi connectivity index (χ0v) is 8.65.